The molecule has 0 aromatic rings. The van der Waals surface area contributed by atoms with Gasteiger partial charge in [-0.15, -0.1) is 0 Å². The Hall–Kier alpha value is -2.70. The zero-order valence-corrected chi connectivity index (χ0v) is 33.9. The van der Waals surface area contributed by atoms with Gasteiger partial charge in [0.25, 0.3) is 5.91 Å². The first-order chi connectivity index (χ1) is 24.1. The summed E-state index contributed by atoms with van der Waals surface area (Å²) in [5.74, 6) is -2.36. The summed E-state index contributed by atoms with van der Waals surface area (Å²) in [4.78, 5) is 71.3. The second-order valence-electron chi connectivity index (χ2n) is 18.6. The second kappa shape index (κ2) is 14.2. The smallest absolute Gasteiger partial charge is 0.315 e. The fourth-order valence-corrected chi connectivity index (χ4v) is 12.2. The van der Waals surface area contributed by atoms with Crippen LogP contribution in [0.15, 0.2) is 0 Å². The number of Topliss-reactive ketones (excluding diaryl/α,β-unsaturated/α-hetero) is 1. The van der Waals surface area contributed by atoms with E-state index in [1.54, 1.807) is 39.5 Å². The number of nitrogens with one attached hydrogen (secondary N) is 4. The maximum Gasteiger partial charge on any atom is 0.315 e. The largest absolute Gasteiger partial charge is 0.350 e. The van der Waals surface area contributed by atoms with Crippen molar-refractivity contribution in [3.8, 4) is 0 Å². The average molecular weight is 748 g/mol. The van der Waals surface area contributed by atoms with Crippen molar-refractivity contribution < 1.29 is 32.4 Å². The van der Waals surface area contributed by atoms with Crippen LogP contribution in [0.1, 0.15) is 139 Å². The van der Waals surface area contributed by atoms with Crippen LogP contribution in [0.4, 0.5) is 4.79 Å². The van der Waals surface area contributed by atoms with Crippen LogP contribution in [-0.4, -0.2) is 89.1 Å². The highest BCUT2D eigenvalue weighted by molar-refractivity contribution is 7.93. The number of ketones is 1. The van der Waals surface area contributed by atoms with E-state index in [0.717, 1.165) is 51.4 Å². The molecule has 5 amide bonds. The van der Waals surface area contributed by atoms with Crippen molar-refractivity contribution in [1.82, 2.24) is 26.2 Å². The molecule has 0 radical (unpaired) electrons. The number of carbonyl (C=O) groups excluding carboxylic acids is 5. The third kappa shape index (κ3) is 7.01. The molecule has 5 rings (SSSR count). The standard InChI is InChI=1S/C39H65N5O7S/c1-10-25-22-39(25,30(45)32(47)40-11-2)42-31(46)28-27-26(36(27,7)8)23-44(28)33(48)29(37(9)18-14-12-15-19-37)41-34(49)43-38(20-16-13-17-21-38)24(3)52(50,51)35(4,5)6/h24-29H,10-23H2,1-9H3,(H,40,47)(H,42,46)(H2,41,43,49)/t24-,25-,26-,27-,28-,29+,39+/m0/s1. The van der Waals surface area contributed by atoms with Crippen molar-refractivity contribution in [2.24, 2.45) is 28.6 Å². The summed E-state index contributed by atoms with van der Waals surface area (Å²) in [7, 11) is -3.64. The summed E-state index contributed by atoms with van der Waals surface area (Å²) in [5.41, 5.74) is -3.05. The third-order valence-corrected chi connectivity index (χ3v) is 17.2. The van der Waals surface area contributed by atoms with Crippen LogP contribution in [0.5, 0.6) is 0 Å². The Morgan fingerprint density at radius 1 is 0.865 bits per heavy atom. The van der Waals surface area contributed by atoms with Crippen LogP contribution in [0.2, 0.25) is 0 Å². The summed E-state index contributed by atoms with van der Waals surface area (Å²) < 4.78 is 26.5. The Morgan fingerprint density at radius 2 is 1.44 bits per heavy atom. The van der Waals surface area contributed by atoms with Gasteiger partial charge in [0.15, 0.2) is 9.84 Å². The van der Waals surface area contributed by atoms with E-state index in [-0.39, 0.29) is 29.1 Å². The van der Waals surface area contributed by atoms with Crippen molar-refractivity contribution >= 4 is 39.4 Å². The van der Waals surface area contributed by atoms with E-state index < -0.39 is 72.0 Å². The number of rotatable bonds is 12. The SMILES string of the molecule is CCNC(=O)C(=O)[C@@]1(NC(=O)[C@@H]2[C@@H]3[C@H](CN2C(=O)[C@@H](NC(=O)NC2([C@H](C)S(=O)(=O)C(C)(C)C)CCCCC2)C2(C)CCCCC2)C3(C)C)C[C@@H]1CC. The molecular formula is C39H65N5O7S. The van der Waals surface area contributed by atoms with Gasteiger partial charge in [0.1, 0.15) is 17.6 Å². The quantitative estimate of drug-likeness (QED) is 0.215. The Morgan fingerprint density at radius 3 is 1.96 bits per heavy atom. The number of urea groups is 1. The molecule has 1 heterocycles. The lowest BCUT2D eigenvalue weighted by atomic mass is 9.70. The van der Waals surface area contributed by atoms with Gasteiger partial charge in [-0.3, -0.25) is 19.2 Å². The second-order valence-corrected chi connectivity index (χ2v) is 21.6. The number of sulfone groups is 1. The van der Waals surface area contributed by atoms with Gasteiger partial charge in [0, 0.05) is 13.1 Å². The third-order valence-electron chi connectivity index (χ3n) is 14.1. The van der Waals surface area contributed by atoms with Gasteiger partial charge in [-0.2, -0.15) is 0 Å². The van der Waals surface area contributed by atoms with Crippen LogP contribution in [-0.2, 0) is 29.0 Å². The van der Waals surface area contributed by atoms with E-state index in [1.165, 1.54) is 0 Å². The molecule has 4 saturated carbocycles. The molecular weight excluding hydrogens is 683 g/mol. The lowest BCUT2D eigenvalue weighted by Gasteiger charge is -2.46. The summed E-state index contributed by atoms with van der Waals surface area (Å²) in [6.45, 7) is 17.3. The Labute approximate surface area is 311 Å². The molecule has 0 spiro atoms. The zero-order valence-electron chi connectivity index (χ0n) is 33.1. The number of fused-ring (bicyclic) bond motifs is 1. The highest BCUT2D eigenvalue weighted by atomic mass is 32.2. The Kier molecular flexibility index (Phi) is 11.0. The Bertz CT molecular complexity index is 1540. The summed E-state index contributed by atoms with van der Waals surface area (Å²) >= 11 is 0. The maximum absolute atomic E-state index is 15.0. The van der Waals surface area contributed by atoms with Gasteiger partial charge >= 0.3 is 6.03 Å². The average Bonchev–Trinajstić information content (AvgIpc) is 3.84. The van der Waals surface area contributed by atoms with E-state index in [1.807, 2.05) is 13.8 Å². The fourth-order valence-electron chi connectivity index (χ4n) is 10.2. The monoisotopic (exact) mass is 747 g/mol. The van der Waals surface area contributed by atoms with Crippen molar-refractivity contribution in [1.29, 1.82) is 0 Å². The molecule has 52 heavy (non-hydrogen) atoms. The molecule has 0 aromatic heterocycles. The van der Waals surface area contributed by atoms with Crippen LogP contribution < -0.4 is 21.3 Å². The zero-order chi connectivity index (χ0) is 38.7. The van der Waals surface area contributed by atoms with E-state index in [4.69, 9.17) is 0 Å². The van der Waals surface area contributed by atoms with E-state index in [2.05, 4.69) is 35.1 Å². The number of likely N-dealkylation sites (tertiary alicyclic amines) is 1. The Balaban J connectivity index is 1.43. The highest BCUT2D eigenvalue weighted by Gasteiger charge is 2.71. The molecule has 0 unspecified atom stereocenters. The van der Waals surface area contributed by atoms with Gasteiger partial charge < -0.3 is 26.2 Å². The lowest BCUT2D eigenvalue weighted by Crippen LogP contribution is -2.66. The predicted octanol–water partition coefficient (Wildman–Crippen LogP) is 4.40. The van der Waals surface area contributed by atoms with Crippen LogP contribution in [0.25, 0.3) is 0 Å². The van der Waals surface area contributed by atoms with E-state index >= 15 is 0 Å². The number of carbonyl (C=O) groups is 5. The molecule has 294 valence electrons. The highest BCUT2D eigenvalue weighted by Crippen LogP contribution is 2.65. The summed E-state index contributed by atoms with van der Waals surface area (Å²) in [6, 6.07) is -2.37. The number of amides is 5. The number of piperidine rings is 1. The van der Waals surface area contributed by atoms with Gasteiger partial charge in [-0.1, -0.05) is 72.6 Å². The minimum absolute atomic E-state index is 0.0750. The first kappa shape index (κ1) is 40.5. The molecule has 1 aliphatic heterocycles. The van der Waals surface area contributed by atoms with Crippen molar-refractivity contribution in [3.63, 3.8) is 0 Å². The molecule has 5 fully saturated rings. The van der Waals surface area contributed by atoms with Crippen LogP contribution in [0.3, 0.4) is 0 Å². The lowest BCUT2D eigenvalue weighted by molar-refractivity contribution is -0.146. The van der Waals surface area contributed by atoms with Crippen LogP contribution >= 0.6 is 0 Å². The molecule has 13 heteroatoms. The van der Waals surface area contributed by atoms with Gasteiger partial charge in [0.05, 0.1) is 15.5 Å². The maximum atomic E-state index is 15.0. The summed E-state index contributed by atoms with van der Waals surface area (Å²) in [6.07, 6.45) is 8.84. The van der Waals surface area contributed by atoms with Crippen molar-refractivity contribution in [2.75, 3.05) is 13.1 Å². The van der Waals surface area contributed by atoms with Gasteiger partial charge in [-0.05, 0) is 95.3 Å². The topological polar surface area (TPSA) is 171 Å². The van der Waals surface area contributed by atoms with E-state index in [0.29, 0.717) is 38.8 Å². The van der Waals surface area contributed by atoms with E-state index in [9.17, 15) is 32.4 Å². The molecule has 4 aliphatic carbocycles. The first-order valence-corrected chi connectivity index (χ1v) is 21.5. The number of hydrogen-bond acceptors (Lipinski definition) is 7. The normalized spacial score (nSPS) is 31.3. The summed E-state index contributed by atoms with van der Waals surface area (Å²) in [5, 5.41) is 11.0. The van der Waals surface area contributed by atoms with Crippen LogP contribution in [0, 0.1) is 28.6 Å². The molecule has 5 aliphatic rings. The molecule has 4 N–H and O–H groups in total. The first-order valence-electron chi connectivity index (χ1n) is 19.9. The molecule has 7 atom stereocenters. The molecule has 0 bridgehead atoms. The van der Waals surface area contributed by atoms with Crippen molar-refractivity contribution in [2.45, 2.75) is 173 Å². The molecule has 0 aromatic carbocycles. The number of nitrogens with zero attached hydrogens (tertiary/aromatic N) is 1. The minimum Gasteiger partial charge on any atom is -0.350 e. The number of likely N-dealkylation sites (N-methyl/N-ethyl adjacent to an activating group) is 1. The number of hydrogen-bond donors (Lipinski definition) is 4. The van der Waals surface area contributed by atoms with Gasteiger partial charge in [0.2, 0.25) is 17.6 Å². The molecule has 1 saturated heterocycles. The predicted molar refractivity (Wildman–Crippen MR) is 200 cm³/mol. The fraction of sp³-hybridized carbons (Fsp3) is 0.872. The van der Waals surface area contributed by atoms with Crippen molar-refractivity contribution in [3.05, 3.63) is 0 Å². The minimum atomic E-state index is -3.64. The van der Waals surface area contributed by atoms with Gasteiger partial charge in [-0.25, -0.2) is 13.2 Å². The molecule has 12 nitrogen and oxygen atoms in total.